The van der Waals surface area contributed by atoms with Crippen LogP contribution in [0.3, 0.4) is 0 Å². The van der Waals surface area contributed by atoms with Crippen LogP contribution in [0.25, 0.3) is 0 Å². The van der Waals surface area contributed by atoms with Crippen LogP contribution in [-0.4, -0.2) is 16.6 Å². The molecule has 2 aromatic carbocycles. The summed E-state index contributed by atoms with van der Waals surface area (Å²) in [5.41, 5.74) is 3.13. The van der Waals surface area contributed by atoms with Crippen molar-refractivity contribution in [1.29, 1.82) is 0 Å². The summed E-state index contributed by atoms with van der Waals surface area (Å²) in [4.78, 5) is 3.97. The smallest absolute Gasteiger partial charge is 0.120 e. The Morgan fingerprint density at radius 1 is 0.962 bits per heavy atom. The third-order valence-corrected chi connectivity index (χ3v) is 4.31. The number of hydrogen-bond acceptors (Lipinski definition) is 4. The molecule has 0 fully saturated rings. The summed E-state index contributed by atoms with van der Waals surface area (Å²) >= 11 is 0. The van der Waals surface area contributed by atoms with E-state index in [2.05, 4.69) is 35.4 Å². The predicted molar refractivity (Wildman–Crippen MR) is 103 cm³/mol. The van der Waals surface area contributed by atoms with E-state index in [4.69, 9.17) is 4.74 Å². The van der Waals surface area contributed by atoms with E-state index in [1.807, 2.05) is 48.5 Å². The lowest BCUT2D eigenvalue weighted by atomic mass is 10.1. The molecule has 3 rings (SSSR count). The van der Waals surface area contributed by atoms with Crippen LogP contribution in [0.1, 0.15) is 35.8 Å². The molecule has 134 valence electrons. The Kier molecular flexibility index (Phi) is 6.36. The molecule has 26 heavy (non-hydrogen) atoms. The maximum atomic E-state index is 10.3. The lowest BCUT2D eigenvalue weighted by Gasteiger charge is -2.18. The van der Waals surface area contributed by atoms with E-state index in [1.165, 1.54) is 0 Å². The van der Waals surface area contributed by atoms with Crippen LogP contribution in [0.5, 0.6) is 5.75 Å². The molecule has 0 saturated heterocycles. The summed E-state index contributed by atoms with van der Waals surface area (Å²) in [6.07, 6.45) is 2.82. The lowest BCUT2D eigenvalue weighted by Crippen LogP contribution is -2.24. The van der Waals surface area contributed by atoms with Gasteiger partial charge in [-0.15, -0.1) is 0 Å². The first-order chi connectivity index (χ1) is 12.7. The molecule has 2 unspecified atom stereocenters. The molecule has 4 nitrogen and oxygen atoms in total. The molecule has 0 saturated carbocycles. The van der Waals surface area contributed by atoms with E-state index in [0.29, 0.717) is 13.2 Å². The highest BCUT2D eigenvalue weighted by Gasteiger charge is 2.11. The number of nitrogens with one attached hydrogen (secondary N) is 1. The average molecular weight is 348 g/mol. The van der Waals surface area contributed by atoms with Crippen LogP contribution in [0.4, 0.5) is 0 Å². The van der Waals surface area contributed by atoms with Gasteiger partial charge >= 0.3 is 0 Å². The van der Waals surface area contributed by atoms with E-state index in [9.17, 15) is 5.11 Å². The third kappa shape index (κ3) is 5.15. The molecule has 0 aliphatic carbocycles. The van der Waals surface area contributed by atoms with Gasteiger partial charge in [-0.3, -0.25) is 4.98 Å². The van der Waals surface area contributed by atoms with Gasteiger partial charge in [0.1, 0.15) is 12.4 Å². The molecular weight excluding hydrogens is 324 g/mol. The van der Waals surface area contributed by atoms with Gasteiger partial charge in [0.25, 0.3) is 0 Å². The van der Waals surface area contributed by atoms with Crippen LogP contribution in [0.15, 0.2) is 79.1 Å². The number of pyridine rings is 1. The van der Waals surface area contributed by atoms with Gasteiger partial charge in [0.2, 0.25) is 0 Å². The number of aliphatic hydroxyl groups excluding tert-OH is 1. The standard InChI is InChI=1S/C22H24N2O2/c1-17(24-15-22(25)19-10-12-23-13-11-19)20-8-5-9-21(14-20)26-16-18-6-3-2-4-7-18/h2-14,17,22,24-25H,15-16H2,1H3. The van der Waals surface area contributed by atoms with Gasteiger partial charge in [-0.25, -0.2) is 0 Å². The molecule has 3 aromatic rings. The highest BCUT2D eigenvalue weighted by molar-refractivity contribution is 5.31. The summed E-state index contributed by atoms with van der Waals surface area (Å²) in [6, 6.07) is 21.9. The number of rotatable bonds is 8. The number of nitrogens with zero attached hydrogens (tertiary/aromatic N) is 1. The Morgan fingerprint density at radius 2 is 1.73 bits per heavy atom. The topological polar surface area (TPSA) is 54.4 Å². The second-order valence-corrected chi connectivity index (χ2v) is 6.27. The Morgan fingerprint density at radius 3 is 2.50 bits per heavy atom. The minimum Gasteiger partial charge on any atom is -0.489 e. The number of aliphatic hydroxyl groups is 1. The van der Waals surface area contributed by atoms with Crippen LogP contribution in [-0.2, 0) is 6.61 Å². The Labute approximate surface area is 154 Å². The summed E-state index contributed by atoms with van der Waals surface area (Å²) in [6.45, 7) is 3.10. The molecule has 0 spiro atoms. The molecule has 0 amide bonds. The Hall–Kier alpha value is -2.69. The van der Waals surface area contributed by atoms with E-state index >= 15 is 0 Å². The summed E-state index contributed by atoms with van der Waals surface area (Å²) in [7, 11) is 0. The van der Waals surface area contributed by atoms with Crippen molar-refractivity contribution in [2.45, 2.75) is 25.7 Å². The fourth-order valence-electron chi connectivity index (χ4n) is 2.72. The van der Waals surface area contributed by atoms with Gasteiger partial charge in [0.15, 0.2) is 0 Å². The predicted octanol–water partition coefficient (Wildman–Crippen LogP) is 4.04. The Bertz CT molecular complexity index is 794. The zero-order chi connectivity index (χ0) is 18.2. The summed E-state index contributed by atoms with van der Waals surface area (Å²) < 4.78 is 5.89. The van der Waals surface area contributed by atoms with Crippen LogP contribution < -0.4 is 10.1 Å². The SMILES string of the molecule is CC(NCC(O)c1ccncc1)c1cccc(OCc2ccccc2)c1. The molecule has 0 aliphatic rings. The van der Waals surface area contributed by atoms with Gasteiger partial charge in [0.05, 0.1) is 6.10 Å². The molecule has 1 heterocycles. The fraction of sp³-hybridized carbons (Fsp3) is 0.227. The number of benzene rings is 2. The molecule has 0 aliphatic heterocycles. The Balaban J connectivity index is 1.55. The van der Waals surface area contributed by atoms with Gasteiger partial charge in [-0.2, -0.15) is 0 Å². The van der Waals surface area contributed by atoms with Crippen molar-refractivity contribution in [2.75, 3.05) is 6.54 Å². The monoisotopic (exact) mass is 348 g/mol. The molecule has 0 radical (unpaired) electrons. The van der Waals surface area contributed by atoms with Gasteiger partial charge in [-0.05, 0) is 47.9 Å². The van der Waals surface area contributed by atoms with Crippen molar-refractivity contribution in [3.05, 3.63) is 95.8 Å². The maximum absolute atomic E-state index is 10.3. The van der Waals surface area contributed by atoms with Crippen LogP contribution in [0, 0.1) is 0 Å². The average Bonchev–Trinajstić information content (AvgIpc) is 2.72. The maximum Gasteiger partial charge on any atom is 0.120 e. The minimum absolute atomic E-state index is 0.103. The first-order valence-electron chi connectivity index (χ1n) is 8.80. The van der Waals surface area contributed by atoms with Crippen molar-refractivity contribution in [2.24, 2.45) is 0 Å². The normalized spacial score (nSPS) is 13.2. The van der Waals surface area contributed by atoms with Gasteiger partial charge in [-0.1, -0.05) is 42.5 Å². The van der Waals surface area contributed by atoms with E-state index in [0.717, 1.165) is 22.4 Å². The molecular formula is C22H24N2O2. The van der Waals surface area contributed by atoms with Crippen molar-refractivity contribution < 1.29 is 9.84 Å². The minimum atomic E-state index is -0.557. The number of aromatic nitrogens is 1. The fourth-order valence-corrected chi connectivity index (χ4v) is 2.72. The number of ether oxygens (including phenoxy) is 1. The van der Waals surface area contributed by atoms with Gasteiger partial charge < -0.3 is 15.2 Å². The second-order valence-electron chi connectivity index (χ2n) is 6.27. The number of hydrogen-bond donors (Lipinski definition) is 2. The van der Waals surface area contributed by atoms with E-state index < -0.39 is 6.10 Å². The lowest BCUT2D eigenvalue weighted by molar-refractivity contribution is 0.170. The quantitative estimate of drug-likeness (QED) is 0.645. The summed E-state index contributed by atoms with van der Waals surface area (Å²) in [5.74, 6) is 0.842. The van der Waals surface area contributed by atoms with Crippen LogP contribution in [0.2, 0.25) is 0 Å². The summed E-state index contributed by atoms with van der Waals surface area (Å²) in [5, 5.41) is 13.6. The second kappa shape index (κ2) is 9.13. The van der Waals surface area contributed by atoms with Crippen molar-refractivity contribution in [3.63, 3.8) is 0 Å². The van der Waals surface area contributed by atoms with Gasteiger partial charge in [0, 0.05) is 25.0 Å². The molecule has 4 heteroatoms. The highest BCUT2D eigenvalue weighted by Crippen LogP contribution is 2.21. The first-order valence-corrected chi connectivity index (χ1v) is 8.80. The third-order valence-electron chi connectivity index (χ3n) is 4.31. The zero-order valence-electron chi connectivity index (χ0n) is 14.9. The van der Waals surface area contributed by atoms with Crippen molar-refractivity contribution >= 4 is 0 Å². The van der Waals surface area contributed by atoms with E-state index in [1.54, 1.807) is 12.4 Å². The zero-order valence-corrected chi connectivity index (χ0v) is 14.9. The highest BCUT2D eigenvalue weighted by atomic mass is 16.5. The van der Waals surface area contributed by atoms with E-state index in [-0.39, 0.29) is 6.04 Å². The first kappa shape index (κ1) is 18.1. The molecule has 0 bridgehead atoms. The van der Waals surface area contributed by atoms with Crippen LogP contribution >= 0.6 is 0 Å². The molecule has 2 atom stereocenters. The van der Waals surface area contributed by atoms with Crippen molar-refractivity contribution in [1.82, 2.24) is 10.3 Å². The van der Waals surface area contributed by atoms with Crippen molar-refractivity contribution in [3.8, 4) is 5.75 Å². The molecule has 2 N–H and O–H groups in total. The molecule has 1 aromatic heterocycles. The largest absolute Gasteiger partial charge is 0.489 e.